The highest BCUT2D eigenvalue weighted by Crippen LogP contribution is 2.35. The van der Waals surface area contributed by atoms with Gasteiger partial charge in [-0.05, 0) is 68.6 Å². The van der Waals surface area contributed by atoms with Crippen molar-refractivity contribution in [1.29, 1.82) is 0 Å². The van der Waals surface area contributed by atoms with E-state index in [2.05, 4.69) is 22.2 Å². The lowest BCUT2D eigenvalue weighted by Crippen LogP contribution is -2.49. The Bertz CT molecular complexity index is 1050. The summed E-state index contributed by atoms with van der Waals surface area (Å²) < 4.78 is 0. The van der Waals surface area contributed by atoms with Crippen molar-refractivity contribution in [2.75, 3.05) is 50.0 Å². The number of piperazine rings is 1. The topological polar surface area (TPSA) is 55.9 Å². The molecule has 7 heteroatoms. The van der Waals surface area contributed by atoms with Crippen molar-refractivity contribution in [3.05, 3.63) is 58.6 Å². The van der Waals surface area contributed by atoms with Crippen molar-refractivity contribution in [1.82, 2.24) is 9.80 Å². The average Bonchev–Trinajstić information content (AvgIpc) is 3.53. The molecule has 174 valence electrons. The van der Waals surface area contributed by atoms with Gasteiger partial charge in [0.2, 0.25) is 5.91 Å². The van der Waals surface area contributed by atoms with Gasteiger partial charge >= 0.3 is 0 Å². The van der Waals surface area contributed by atoms with Crippen LogP contribution < -0.4 is 10.2 Å². The minimum atomic E-state index is -0.0596. The summed E-state index contributed by atoms with van der Waals surface area (Å²) in [6.45, 7) is 4.12. The molecule has 0 spiro atoms. The number of likely N-dealkylation sites (N-methyl/N-ethyl adjacent to an activating group) is 1. The molecule has 2 amide bonds. The van der Waals surface area contributed by atoms with Crippen LogP contribution in [0.5, 0.6) is 0 Å². The Hall–Kier alpha value is -2.57. The number of amides is 2. The minimum Gasteiger partial charge on any atom is -0.371 e. The maximum Gasteiger partial charge on any atom is 0.256 e. The third-order valence-electron chi connectivity index (χ3n) is 6.97. The fourth-order valence-corrected chi connectivity index (χ4v) is 5.11. The normalized spacial score (nSPS) is 21.3. The van der Waals surface area contributed by atoms with E-state index in [0.717, 1.165) is 68.8 Å². The quantitative estimate of drug-likeness (QED) is 0.708. The summed E-state index contributed by atoms with van der Waals surface area (Å²) in [5.74, 6) is 0.266. The number of hydrogen-bond donors (Lipinski definition) is 1. The predicted molar refractivity (Wildman–Crippen MR) is 132 cm³/mol. The van der Waals surface area contributed by atoms with Crippen LogP contribution in [-0.2, 0) is 4.79 Å². The molecule has 2 heterocycles. The van der Waals surface area contributed by atoms with Crippen LogP contribution in [0.15, 0.2) is 42.5 Å². The van der Waals surface area contributed by atoms with Crippen molar-refractivity contribution in [3.63, 3.8) is 0 Å². The maximum absolute atomic E-state index is 14.0. The first-order valence-electron chi connectivity index (χ1n) is 11.9. The van der Waals surface area contributed by atoms with E-state index >= 15 is 0 Å². The Labute approximate surface area is 200 Å². The first-order chi connectivity index (χ1) is 16.0. The van der Waals surface area contributed by atoms with Crippen molar-refractivity contribution in [3.8, 4) is 0 Å². The number of benzene rings is 2. The third-order valence-corrected chi connectivity index (χ3v) is 7.20. The summed E-state index contributed by atoms with van der Waals surface area (Å²) in [7, 11) is 2.09. The number of carbonyl (C=O) groups excluding carboxylic acids is 2. The number of carbonyl (C=O) groups is 2. The zero-order valence-electron chi connectivity index (χ0n) is 19.1. The van der Waals surface area contributed by atoms with Crippen molar-refractivity contribution >= 4 is 34.8 Å². The smallest absolute Gasteiger partial charge is 0.256 e. The molecule has 6 nitrogen and oxygen atoms in total. The molecule has 0 bridgehead atoms. The largest absolute Gasteiger partial charge is 0.371 e. The Morgan fingerprint density at radius 1 is 1.00 bits per heavy atom. The summed E-state index contributed by atoms with van der Waals surface area (Å²) in [5.41, 5.74) is 3.46. The van der Waals surface area contributed by atoms with Gasteiger partial charge in [-0.1, -0.05) is 23.7 Å². The summed E-state index contributed by atoms with van der Waals surface area (Å²) in [6.07, 6.45) is 4.17. The average molecular weight is 467 g/mol. The van der Waals surface area contributed by atoms with Crippen LogP contribution in [-0.4, -0.2) is 61.4 Å². The van der Waals surface area contributed by atoms with E-state index in [1.54, 1.807) is 0 Å². The fraction of sp³-hybridized carbons (Fsp3) is 0.462. The van der Waals surface area contributed by atoms with E-state index in [1.165, 1.54) is 0 Å². The van der Waals surface area contributed by atoms with Gasteiger partial charge in [-0.3, -0.25) is 9.59 Å². The molecule has 3 aliphatic rings. The molecule has 5 rings (SSSR count). The molecule has 0 aromatic heterocycles. The molecular formula is C26H31ClN4O2. The zero-order chi connectivity index (χ0) is 22.9. The predicted octanol–water partition coefficient (Wildman–Crippen LogP) is 4.42. The molecule has 33 heavy (non-hydrogen) atoms. The standard InChI is InChI=1S/C26H31ClN4O2/c1-29-13-14-31(24(17-29)19-5-4-6-20(27)15-19)26(33)22-10-9-21(28-25(32)18-7-8-18)16-23(22)30-11-2-3-12-30/h4-6,9-10,15-16,18,24H,2-3,7-8,11-14,17H2,1H3,(H,28,32). The van der Waals surface area contributed by atoms with E-state index in [9.17, 15) is 9.59 Å². The summed E-state index contributed by atoms with van der Waals surface area (Å²) >= 11 is 6.28. The van der Waals surface area contributed by atoms with Gasteiger partial charge < -0.3 is 20.0 Å². The Balaban J connectivity index is 1.47. The molecule has 2 saturated heterocycles. The second kappa shape index (κ2) is 9.35. The van der Waals surface area contributed by atoms with Gasteiger partial charge in [0.1, 0.15) is 0 Å². The Morgan fingerprint density at radius 3 is 2.52 bits per heavy atom. The van der Waals surface area contributed by atoms with Gasteiger partial charge in [0.05, 0.1) is 17.3 Å². The van der Waals surface area contributed by atoms with E-state index in [0.29, 0.717) is 17.1 Å². The van der Waals surface area contributed by atoms with E-state index in [1.807, 2.05) is 47.4 Å². The number of halogens is 1. The number of nitrogens with zero attached hydrogens (tertiary/aromatic N) is 3. The van der Waals surface area contributed by atoms with Gasteiger partial charge in [0.15, 0.2) is 0 Å². The van der Waals surface area contributed by atoms with E-state index < -0.39 is 0 Å². The van der Waals surface area contributed by atoms with Crippen LogP contribution in [0.1, 0.15) is 47.6 Å². The fourth-order valence-electron chi connectivity index (χ4n) is 4.92. The second-order valence-electron chi connectivity index (χ2n) is 9.52. The minimum absolute atomic E-state index is 0.0371. The zero-order valence-corrected chi connectivity index (χ0v) is 19.9. The van der Waals surface area contributed by atoms with E-state index in [4.69, 9.17) is 11.6 Å². The SMILES string of the molecule is CN1CCN(C(=O)c2ccc(NC(=O)C3CC3)cc2N2CCCC2)C(c2cccc(Cl)c2)C1. The highest BCUT2D eigenvalue weighted by Gasteiger charge is 2.34. The number of rotatable bonds is 5. The van der Waals surface area contributed by atoms with Crippen molar-refractivity contribution in [2.45, 2.75) is 31.7 Å². The lowest BCUT2D eigenvalue weighted by Gasteiger charge is -2.41. The molecule has 1 atom stereocenters. The monoisotopic (exact) mass is 466 g/mol. The molecule has 2 aromatic rings. The lowest BCUT2D eigenvalue weighted by molar-refractivity contribution is -0.117. The molecule has 1 unspecified atom stereocenters. The number of nitrogens with one attached hydrogen (secondary N) is 1. The van der Waals surface area contributed by atoms with Crippen LogP contribution in [0.3, 0.4) is 0 Å². The molecule has 2 aliphatic heterocycles. The first-order valence-corrected chi connectivity index (χ1v) is 12.3. The molecule has 1 aliphatic carbocycles. The highest BCUT2D eigenvalue weighted by atomic mass is 35.5. The molecule has 1 saturated carbocycles. The molecular weight excluding hydrogens is 436 g/mol. The second-order valence-corrected chi connectivity index (χ2v) is 9.96. The first kappa shape index (κ1) is 22.2. The van der Waals surface area contributed by atoms with Gasteiger partial charge in [0.25, 0.3) is 5.91 Å². The highest BCUT2D eigenvalue weighted by molar-refractivity contribution is 6.30. The summed E-state index contributed by atoms with van der Waals surface area (Å²) in [5, 5.41) is 3.73. The molecule has 2 aromatic carbocycles. The third kappa shape index (κ3) is 4.87. The van der Waals surface area contributed by atoms with Crippen LogP contribution in [0.25, 0.3) is 0 Å². The van der Waals surface area contributed by atoms with Gasteiger partial charge in [0, 0.05) is 49.4 Å². The van der Waals surface area contributed by atoms with Gasteiger partial charge in [-0.25, -0.2) is 0 Å². The maximum atomic E-state index is 14.0. The number of hydrogen-bond acceptors (Lipinski definition) is 4. The van der Waals surface area contributed by atoms with Gasteiger partial charge in [-0.15, -0.1) is 0 Å². The molecule has 3 fully saturated rings. The van der Waals surface area contributed by atoms with Crippen LogP contribution in [0, 0.1) is 5.92 Å². The van der Waals surface area contributed by atoms with Crippen LogP contribution in [0.2, 0.25) is 5.02 Å². The molecule has 1 N–H and O–H groups in total. The van der Waals surface area contributed by atoms with Crippen molar-refractivity contribution < 1.29 is 9.59 Å². The Kier molecular flexibility index (Phi) is 6.30. The number of anilines is 2. The van der Waals surface area contributed by atoms with Crippen LogP contribution >= 0.6 is 11.6 Å². The van der Waals surface area contributed by atoms with Crippen LogP contribution in [0.4, 0.5) is 11.4 Å². The van der Waals surface area contributed by atoms with Crippen molar-refractivity contribution in [2.24, 2.45) is 5.92 Å². The lowest BCUT2D eigenvalue weighted by atomic mass is 10.0. The summed E-state index contributed by atoms with van der Waals surface area (Å²) in [6, 6.07) is 13.5. The van der Waals surface area contributed by atoms with Gasteiger partial charge in [-0.2, -0.15) is 0 Å². The Morgan fingerprint density at radius 2 is 1.79 bits per heavy atom. The molecule has 0 radical (unpaired) electrons. The summed E-state index contributed by atoms with van der Waals surface area (Å²) in [4.78, 5) is 32.8. The van der Waals surface area contributed by atoms with E-state index in [-0.39, 0.29) is 23.8 Å².